The van der Waals surface area contributed by atoms with Gasteiger partial charge in [0.25, 0.3) is 0 Å². The fraction of sp³-hybridized carbons (Fsp3) is 0.263. The number of nitrogens with two attached hydrogens (primary N) is 1. The Morgan fingerprint density at radius 2 is 1.52 bits per heavy atom. The summed E-state index contributed by atoms with van der Waals surface area (Å²) < 4.78 is 5.06. The number of carbonyl (C=O) groups excluding carboxylic acids is 2. The van der Waals surface area contributed by atoms with Crippen LogP contribution in [0.1, 0.15) is 36.6 Å². The van der Waals surface area contributed by atoms with E-state index in [9.17, 15) is 9.59 Å². The van der Waals surface area contributed by atoms with Crippen molar-refractivity contribution < 1.29 is 14.3 Å². The van der Waals surface area contributed by atoms with Gasteiger partial charge in [0.2, 0.25) is 5.91 Å². The lowest BCUT2D eigenvalue weighted by atomic mass is 10.0. The molecule has 2 aromatic rings. The maximum atomic E-state index is 12.3. The second kappa shape index (κ2) is 10.5. The molecule has 0 spiro atoms. The number of ether oxygens (including phenoxy) is 1. The first kappa shape index (κ1) is 20.7. The largest absolute Gasteiger partial charge is 0.464 e. The standard InChI is InChI=1S/C19H22N2O3.ClH/c1-2-24-19(23)18(15-11-7-4-8-12-15)21-17(22)13-16(20)14-9-5-3-6-10-14;/h3-12,16,18H,2,13,20H2,1H3,(H,21,22);1H/t16?,18-;/m1./s1. The van der Waals surface area contributed by atoms with Crippen LogP contribution >= 0.6 is 12.4 Å². The topological polar surface area (TPSA) is 81.4 Å². The van der Waals surface area contributed by atoms with Crippen molar-refractivity contribution in [2.24, 2.45) is 5.73 Å². The molecule has 0 saturated heterocycles. The van der Waals surface area contributed by atoms with E-state index in [0.717, 1.165) is 5.56 Å². The molecule has 1 amide bonds. The predicted octanol–water partition coefficient (Wildman–Crippen LogP) is 2.92. The van der Waals surface area contributed by atoms with Crippen molar-refractivity contribution in [2.75, 3.05) is 6.61 Å². The van der Waals surface area contributed by atoms with E-state index in [2.05, 4.69) is 5.32 Å². The minimum Gasteiger partial charge on any atom is -0.464 e. The zero-order valence-electron chi connectivity index (χ0n) is 14.1. The lowest BCUT2D eigenvalue weighted by molar-refractivity contribution is -0.147. The lowest BCUT2D eigenvalue weighted by Gasteiger charge is -2.19. The number of esters is 1. The summed E-state index contributed by atoms with van der Waals surface area (Å²) in [7, 11) is 0. The molecular formula is C19H23ClN2O3. The fourth-order valence-electron chi connectivity index (χ4n) is 2.39. The Balaban J connectivity index is 0.00000312. The summed E-state index contributed by atoms with van der Waals surface area (Å²) in [5.41, 5.74) is 7.62. The molecule has 2 atom stereocenters. The van der Waals surface area contributed by atoms with E-state index < -0.39 is 18.1 Å². The Labute approximate surface area is 154 Å². The van der Waals surface area contributed by atoms with Gasteiger partial charge >= 0.3 is 5.97 Å². The van der Waals surface area contributed by atoms with Gasteiger partial charge in [-0.05, 0) is 18.1 Å². The third-order valence-electron chi connectivity index (χ3n) is 3.59. The van der Waals surface area contributed by atoms with E-state index >= 15 is 0 Å². The summed E-state index contributed by atoms with van der Waals surface area (Å²) in [4.78, 5) is 24.5. The molecule has 0 aliphatic carbocycles. The van der Waals surface area contributed by atoms with Crippen LogP contribution in [0.25, 0.3) is 0 Å². The van der Waals surface area contributed by atoms with Crippen molar-refractivity contribution in [1.29, 1.82) is 0 Å². The summed E-state index contributed by atoms with van der Waals surface area (Å²) in [6.07, 6.45) is 0.0900. The number of carbonyl (C=O) groups is 2. The zero-order chi connectivity index (χ0) is 17.4. The first-order valence-electron chi connectivity index (χ1n) is 7.93. The van der Waals surface area contributed by atoms with E-state index in [0.29, 0.717) is 5.56 Å². The molecule has 134 valence electrons. The van der Waals surface area contributed by atoms with Crippen LogP contribution < -0.4 is 11.1 Å². The fourth-order valence-corrected chi connectivity index (χ4v) is 2.39. The van der Waals surface area contributed by atoms with Gasteiger partial charge in [-0.2, -0.15) is 0 Å². The van der Waals surface area contributed by atoms with Crippen molar-refractivity contribution in [3.05, 3.63) is 71.8 Å². The highest BCUT2D eigenvalue weighted by atomic mass is 35.5. The van der Waals surface area contributed by atoms with Crippen LogP contribution in [0.4, 0.5) is 0 Å². The number of benzene rings is 2. The predicted molar refractivity (Wildman–Crippen MR) is 99.2 cm³/mol. The van der Waals surface area contributed by atoms with Crippen molar-refractivity contribution in [2.45, 2.75) is 25.4 Å². The van der Waals surface area contributed by atoms with E-state index in [1.54, 1.807) is 19.1 Å². The van der Waals surface area contributed by atoms with Crippen LogP contribution in [0, 0.1) is 0 Å². The second-order valence-electron chi connectivity index (χ2n) is 5.38. The Hall–Kier alpha value is -2.37. The van der Waals surface area contributed by atoms with Crippen LogP contribution in [0.3, 0.4) is 0 Å². The molecule has 3 N–H and O–H groups in total. The smallest absolute Gasteiger partial charge is 0.333 e. The second-order valence-corrected chi connectivity index (χ2v) is 5.38. The number of hydrogen-bond donors (Lipinski definition) is 2. The van der Waals surface area contributed by atoms with Crippen molar-refractivity contribution in [3.63, 3.8) is 0 Å². The van der Waals surface area contributed by atoms with E-state index in [1.165, 1.54) is 0 Å². The third kappa shape index (κ3) is 6.21. The highest BCUT2D eigenvalue weighted by Gasteiger charge is 2.24. The molecule has 6 heteroatoms. The van der Waals surface area contributed by atoms with Gasteiger partial charge in [-0.25, -0.2) is 4.79 Å². The monoisotopic (exact) mass is 362 g/mol. The average molecular weight is 363 g/mol. The van der Waals surface area contributed by atoms with Crippen LogP contribution in [0.15, 0.2) is 60.7 Å². The molecule has 1 unspecified atom stereocenters. The average Bonchev–Trinajstić information content (AvgIpc) is 2.61. The molecule has 25 heavy (non-hydrogen) atoms. The molecule has 0 aliphatic rings. The minimum atomic E-state index is -0.832. The normalized spacial score (nSPS) is 12.4. The Morgan fingerprint density at radius 1 is 1.00 bits per heavy atom. The molecule has 2 aromatic carbocycles. The lowest BCUT2D eigenvalue weighted by Crippen LogP contribution is -2.36. The van der Waals surface area contributed by atoms with Crippen LogP contribution in [0.5, 0.6) is 0 Å². The van der Waals surface area contributed by atoms with Crippen LogP contribution in [-0.4, -0.2) is 18.5 Å². The van der Waals surface area contributed by atoms with E-state index in [-0.39, 0.29) is 31.3 Å². The summed E-state index contributed by atoms with van der Waals surface area (Å²) in [6, 6.07) is 17.1. The van der Waals surface area contributed by atoms with Crippen LogP contribution in [-0.2, 0) is 14.3 Å². The SMILES string of the molecule is CCOC(=O)[C@H](NC(=O)CC(N)c1ccccc1)c1ccccc1.Cl. The molecule has 0 bridgehead atoms. The summed E-state index contributed by atoms with van der Waals surface area (Å²) in [5.74, 6) is -0.779. The number of halogens is 1. The summed E-state index contributed by atoms with van der Waals surface area (Å²) >= 11 is 0. The number of hydrogen-bond acceptors (Lipinski definition) is 4. The minimum absolute atomic E-state index is 0. The van der Waals surface area contributed by atoms with Crippen molar-refractivity contribution in [1.82, 2.24) is 5.32 Å². The number of rotatable bonds is 7. The molecule has 0 aliphatic heterocycles. The molecular weight excluding hydrogens is 340 g/mol. The molecule has 2 rings (SSSR count). The molecule has 0 heterocycles. The van der Waals surface area contributed by atoms with Gasteiger partial charge in [0.1, 0.15) is 0 Å². The Kier molecular flexibility index (Phi) is 8.67. The van der Waals surface area contributed by atoms with Gasteiger partial charge in [-0.3, -0.25) is 4.79 Å². The van der Waals surface area contributed by atoms with Gasteiger partial charge in [-0.1, -0.05) is 60.7 Å². The third-order valence-corrected chi connectivity index (χ3v) is 3.59. The Bertz CT molecular complexity index is 665. The van der Waals surface area contributed by atoms with Crippen molar-refractivity contribution in [3.8, 4) is 0 Å². The first-order chi connectivity index (χ1) is 11.6. The van der Waals surface area contributed by atoms with E-state index in [4.69, 9.17) is 10.5 Å². The van der Waals surface area contributed by atoms with Gasteiger partial charge < -0.3 is 15.8 Å². The molecule has 0 saturated carbocycles. The van der Waals surface area contributed by atoms with Gasteiger partial charge in [0, 0.05) is 12.5 Å². The maximum Gasteiger partial charge on any atom is 0.333 e. The van der Waals surface area contributed by atoms with E-state index in [1.807, 2.05) is 48.5 Å². The quantitative estimate of drug-likeness (QED) is 0.742. The highest BCUT2D eigenvalue weighted by Crippen LogP contribution is 2.17. The highest BCUT2D eigenvalue weighted by molar-refractivity contribution is 5.86. The van der Waals surface area contributed by atoms with Gasteiger partial charge in [-0.15, -0.1) is 12.4 Å². The zero-order valence-corrected chi connectivity index (χ0v) is 14.9. The first-order valence-corrected chi connectivity index (χ1v) is 7.93. The van der Waals surface area contributed by atoms with Gasteiger partial charge in [0.15, 0.2) is 6.04 Å². The maximum absolute atomic E-state index is 12.3. The molecule has 0 radical (unpaired) electrons. The van der Waals surface area contributed by atoms with Crippen molar-refractivity contribution >= 4 is 24.3 Å². The number of amides is 1. The number of nitrogens with one attached hydrogen (secondary N) is 1. The van der Waals surface area contributed by atoms with Crippen LogP contribution in [0.2, 0.25) is 0 Å². The molecule has 0 fully saturated rings. The molecule has 5 nitrogen and oxygen atoms in total. The Morgan fingerprint density at radius 3 is 2.04 bits per heavy atom. The van der Waals surface area contributed by atoms with Gasteiger partial charge in [0.05, 0.1) is 6.61 Å². The summed E-state index contributed by atoms with van der Waals surface area (Å²) in [6.45, 7) is 1.98. The molecule has 0 aromatic heterocycles. The summed E-state index contributed by atoms with van der Waals surface area (Å²) in [5, 5.41) is 2.73.